The number of benzene rings is 3. The van der Waals surface area contributed by atoms with Gasteiger partial charge in [0, 0.05) is 0 Å². The normalized spacial score (nSPS) is 21.0. The van der Waals surface area contributed by atoms with Gasteiger partial charge in [0.05, 0.1) is 38.2 Å². The summed E-state index contributed by atoms with van der Waals surface area (Å²) >= 11 is 0. The molecule has 0 aliphatic carbocycles. The van der Waals surface area contributed by atoms with Gasteiger partial charge < -0.3 is 14.2 Å². The topological polar surface area (TPSA) is 77.5 Å². The van der Waals surface area contributed by atoms with Crippen LogP contribution in [0, 0.1) is 5.92 Å². The monoisotopic (exact) mass is 488 g/mol. The van der Waals surface area contributed by atoms with E-state index in [1.165, 1.54) is 4.90 Å². The SMILES string of the molecule is CCCOc1ccc(N2C(=O)[C@@H]3[C@@H](ON(c4ccccc4)[C@H]3c3ccc(OC)c(OC)c3)C2=O)cc1. The molecule has 2 amide bonds. The van der Waals surface area contributed by atoms with Gasteiger partial charge in [-0.1, -0.05) is 31.2 Å². The maximum atomic E-state index is 13.8. The molecule has 36 heavy (non-hydrogen) atoms. The third kappa shape index (κ3) is 4.03. The van der Waals surface area contributed by atoms with Crippen LogP contribution in [0.3, 0.4) is 0 Å². The highest BCUT2D eigenvalue weighted by molar-refractivity contribution is 6.23. The van der Waals surface area contributed by atoms with E-state index in [-0.39, 0.29) is 5.91 Å². The summed E-state index contributed by atoms with van der Waals surface area (Å²) in [5.41, 5.74) is 2.01. The lowest BCUT2D eigenvalue weighted by atomic mass is 9.90. The van der Waals surface area contributed by atoms with Crippen molar-refractivity contribution in [3.05, 3.63) is 78.4 Å². The zero-order chi connectivity index (χ0) is 25.2. The van der Waals surface area contributed by atoms with Gasteiger partial charge in [-0.15, -0.1) is 0 Å². The number of amides is 2. The maximum Gasteiger partial charge on any atom is 0.266 e. The molecule has 8 nitrogen and oxygen atoms in total. The first-order chi connectivity index (χ1) is 17.6. The summed E-state index contributed by atoms with van der Waals surface area (Å²) in [7, 11) is 3.13. The molecule has 0 aromatic heterocycles. The second-order valence-corrected chi connectivity index (χ2v) is 8.63. The van der Waals surface area contributed by atoms with Crippen LogP contribution in [-0.2, 0) is 14.4 Å². The summed E-state index contributed by atoms with van der Waals surface area (Å²) in [6.07, 6.45) is -0.0621. The maximum absolute atomic E-state index is 13.8. The molecular weight excluding hydrogens is 460 g/mol. The number of para-hydroxylation sites is 1. The average molecular weight is 489 g/mol. The highest BCUT2D eigenvalue weighted by Gasteiger charge is 2.60. The van der Waals surface area contributed by atoms with Crippen LogP contribution in [0.4, 0.5) is 11.4 Å². The van der Waals surface area contributed by atoms with Crippen molar-refractivity contribution in [2.75, 3.05) is 30.8 Å². The van der Waals surface area contributed by atoms with E-state index in [1.54, 1.807) is 49.6 Å². The summed E-state index contributed by atoms with van der Waals surface area (Å²) in [5, 5.41) is 1.66. The number of hydrogen-bond acceptors (Lipinski definition) is 7. The van der Waals surface area contributed by atoms with Crippen molar-refractivity contribution in [1.29, 1.82) is 0 Å². The minimum absolute atomic E-state index is 0.314. The molecule has 3 aromatic rings. The standard InChI is InChI=1S/C28H28N2O6/c1-4-16-35-21-13-11-19(12-14-21)29-27(31)24-25(18-10-15-22(33-2)23(17-18)34-3)30(36-26(24)28(29)32)20-8-6-5-7-9-20/h5-15,17,24-26H,4,16H2,1-3H3/t24-,25-,26+/m0/s1. The van der Waals surface area contributed by atoms with Gasteiger partial charge in [-0.25, -0.2) is 9.96 Å². The number of rotatable bonds is 8. The van der Waals surface area contributed by atoms with E-state index < -0.39 is 24.0 Å². The number of hydroxylamine groups is 1. The van der Waals surface area contributed by atoms with Gasteiger partial charge in [0.1, 0.15) is 11.7 Å². The largest absolute Gasteiger partial charge is 0.494 e. The van der Waals surface area contributed by atoms with Crippen molar-refractivity contribution >= 4 is 23.2 Å². The number of hydrogen-bond donors (Lipinski definition) is 0. The van der Waals surface area contributed by atoms with Crippen LogP contribution in [-0.4, -0.2) is 38.7 Å². The molecule has 0 saturated carbocycles. The fraction of sp³-hybridized carbons (Fsp3) is 0.286. The lowest BCUT2D eigenvalue weighted by molar-refractivity contribution is -0.126. The van der Waals surface area contributed by atoms with Crippen LogP contribution in [0.2, 0.25) is 0 Å². The molecule has 3 atom stereocenters. The van der Waals surface area contributed by atoms with E-state index in [2.05, 4.69) is 0 Å². The lowest BCUT2D eigenvalue weighted by Gasteiger charge is -2.29. The molecule has 0 unspecified atom stereocenters. The number of imide groups is 1. The van der Waals surface area contributed by atoms with Crippen LogP contribution >= 0.6 is 0 Å². The molecule has 2 aliphatic rings. The summed E-state index contributed by atoms with van der Waals surface area (Å²) in [5.74, 6) is 0.342. The molecule has 0 N–H and O–H groups in total. The number of ether oxygens (including phenoxy) is 3. The van der Waals surface area contributed by atoms with Crippen LogP contribution in [0.25, 0.3) is 0 Å². The van der Waals surface area contributed by atoms with Crippen molar-refractivity contribution in [3.8, 4) is 17.2 Å². The molecule has 186 valence electrons. The quantitative estimate of drug-likeness (QED) is 0.431. The zero-order valence-electron chi connectivity index (χ0n) is 20.4. The van der Waals surface area contributed by atoms with Gasteiger partial charge in [-0.2, -0.15) is 0 Å². The molecule has 5 rings (SSSR count). The van der Waals surface area contributed by atoms with Crippen LogP contribution in [0.15, 0.2) is 72.8 Å². The van der Waals surface area contributed by atoms with Gasteiger partial charge in [-0.3, -0.25) is 14.4 Å². The first kappa shape index (κ1) is 23.7. The Labute approximate surface area is 209 Å². The number of carbonyl (C=O) groups is 2. The van der Waals surface area contributed by atoms with Crippen molar-refractivity contribution in [3.63, 3.8) is 0 Å². The molecule has 2 heterocycles. The third-order valence-electron chi connectivity index (χ3n) is 6.44. The Hall–Kier alpha value is -4.04. The van der Waals surface area contributed by atoms with Gasteiger partial charge in [0.25, 0.3) is 5.91 Å². The first-order valence-electron chi connectivity index (χ1n) is 11.9. The Morgan fingerprint density at radius 2 is 1.56 bits per heavy atom. The van der Waals surface area contributed by atoms with Crippen LogP contribution in [0.1, 0.15) is 24.9 Å². The molecule has 2 saturated heterocycles. The molecule has 2 aliphatic heterocycles. The highest BCUT2D eigenvalue weighted by Crippen LogP contribution is 2.48. The molecular formula is C28H28N2O6. The van der Waals surface area contributed by atoms with Gasteiger partial charge in [-0.05, 0) is 60.5 Å². The Kier molecular flexibility index (Phi) is 6.52. The van der Waals surface area contributed by atoms with E-state index >= 15 is 0 Å². The third-order valence-corrected chi connectivity index (χ3v) is 6.44. The first-order valence-corrected chi connectivity index (χ1v) is 11.9. The Morgan fingerprint density at radius 1 is 0.833 bits per heavy atom. The summed E-state index contributed by atoms with van der Waals surface area (Å²) in [6, 6.07) is 21.4. The Bertz CT molecular complexity index is 1250. The minimum Gasteiger partial charge on any atom is -0.494 e. The van der Waals surface area contributed by atoms with Crippen molar-refractivity contribution in [2.45, 2.75) is 25.5 Å². The predicted molar refractivity (Wildman–Crippen MR) is 134 cm³/mol. The lowest BCUT2D eigenvalue weighted by Crippen LogP contribution is -2.37. The minimum atomic E-state index is -0.952. The number of fused-ring (bicyclic) bond motifs is 1. The van der Waals surface area contributed by atoms with Crippen LogP contribution < -0.4 is 24.2 Å². The summed E-state index contributed by atoms with van der Waals surface area (Å²) in [4.78, 5) is 34.7. The number of anilines is 2. The fourth-order valence-electron chi connectivity index (χ4n) is 4.75. The molecule has 0 radical (unpaired) electrons. The highest BCUT2D eigenvalue weighted by atomic mass is 16.7. The molecule has 2 fully saturated rings. The van der Waals surface area contributed by atoms with E-state index in [0.717, 1.165) is 17.7 Å². The van der Waals surface area contributed by atoms with Crippen molar-refractivity contribution in [1.82, 2.24) is 0 Å². The molecule has 0 spiro atoms. The van der Waals surface area contributed by atoms with E-state index in [0.29, 0.717) is 29.5 Å². The number of carbonyl (C=O) groups excluding carboxylic acids is 2. The van der Waals surface area contributed by atoms with Gasteiger partial charge in [0.15, 0.2) is 17.6 Å². The van der Waals surface area contributed by atoms with Crippen molar-refractivity contribution < 1.29 is 28.6 Å². The molecule has 8 heteroatoms. The summed E-state index contributed by atoms with van der Waals surface area (Å²) < 4.78 is 16.5. The summed E-state index contributed by atoms with van der Waals surface area (Å²) in [6.45, 7) is 2.63. The van der Waals surface area contributed by atoms with Gasteiger partial charge >= 0.3 is 0 Å². The van der Waals surface area contributed by atoms with Gasteiger partial charge in [0.2, 0.25) is 5.91 Å². The number of methoxy groups -OCH3 is 2. The molecule has 3 aromatic carbocycles. The van der Waals surface area contributed by atoms with Crippen molar-refractivity contribution in [2.24, 2.45) is 5.92 Å². The number of nitrogens with zero attached hydrogens (tertiary/aromatic N) is 2. The van der Waals surface area contributed by atoms with E-state index in [4.69, 9.17) is 19.0 Å². The van der Waals surface area contributed by atoms with E-state index in [1.807, 2.05) is 49.4 Å². The average Bonchev–Trinajstić information content (AvgIpc) is 3.43. The zero-order valence-corrected chi connectivity index (χ0v) is 20.4. The Morgan fingerprint density at radius 3 is 2.22 bits per heavy atom. The Balaban J connectivity index is 1.52. The second-order valence-electron chi connectivity index (χ2n) is 8.63. The fourth-order valence-corrected chi connectivity index (χ4v) is 4.75. The second kappa shape index (κ2) is 9.91. The van der Waals surface area contributed by atoms with E-state index in [9.17, 15) is 9.59 Å². The molecule has 0 bridgehead atoms. The smallest absolute Gasteiger partial charge is 0.266 e. The van der Waals surface area contributed by atoms with Crippen LogP contribution in [0.5, 0.6) is 17.2 Å². The predicted octanol–water partition coefficient (Wildman–Crippen LogP) is 4.54.